The van der Waals surface area contributed by atoms with Gasteiger partial charge in [0.2, 0.25) is 12.7 Å². The number of thiophene rings is 1. The Morgan fingerprint density at radius 1 is 1.08 bits per heavy atom. The number of anilines is 1. The maximum absolute atomic E-state index is 13.1. The molecule has 3 aromatic heterocycles. The molecule has 1 amide bonds. The first-order chi connectivity index (χ1) is 18.0. The molecule has 5 aromatic rings. The van der Waals surface area contributed by atoms with Crippen molar-refractivity contribution in [2.75, 3.05) is 12.1 Å². The van der Waals surface area contributed by atoms with Crippen LogP contribution in [-0.2, 0) is 6.42 Å². The van der Waals surface area contributed by atoms with Crippen molar-refractivity contribution in [3.05, 3.63) is 105 Å². The second kappa shape index (κ2) is 9.40. The van der Waals surface area contributed by atoms with Crippen molar-refractivity contribution in [2.45, 2.75) is 13.3 Å². The molecule has 0 saturated carbocycles. The largest absolute Gasteiger partial charge is 0.454 e. The molecule has 2 aromatic carbocycles. The number of carbonyl (C=O) groups excluding carboxylic acids is 1. The van der Waals surface area contributed by atoms with Gasteiger partial charge in [-0.2, -0.15) is 9.78 Å². The third-order valence-electron chi connectivity index (χ3n) is 5.99. The molecule has 6 rings (SSSR count). The number of benzene rings is 2. The zero-order chi connectivity index (χ0) is 25.4. The average Bonchev–Trinajstić information content (AvgIpc) is 3.67. The van der Waals surface area contributed by atoms with E-state index >= 15 is 0 Å². The number of nitrogens with zero attached hydrogens (tertiary/aromatic N) is 3. The molecular formula is C27H21N5O4S. The maximum Gasteiger partial charge on any atom is 0.256 e. The molecule has 1 aliphatic rings. The van der Waals surface area contributed by atoms with Gasteiger partial charge >= 0.3 is 0 Å². The molecular weight excluding hydrogens is 490 g/mol. The van der Waals surface area contributed by atoms with E-state index in [1.54, 1.807) is 31.2 Å². The van der Waals surface area contributed by atoms with Crippen molar-refractivity contribution in [2.24, 2.45) is 0 Å². The summed E-state index contributed by atoms with van der Waals surface area (Å²) in [6.45, 7) is 1.92. The Bertz CT molecular complexity index is 1660. The normalized spacial score (nSPS) is 12.0. The molecule has 0 aliphatic carbocycles. The molecule has 0 spiro atoms. The van der Waals surface area contributed by atoms with E-state index in [0.717, 1.165) is 10.4 Å². The lowest BCUT2D eigenvalue weighted by Gasteiger charge is -2.11. The highest BCUT2D eigenvalue weighted by atomic mass is 32.1. The van der Waals surface area contributed by atoms with Crippen LogP contribution in [-0.4, -0.2) is 32.4 Å². The standard InChI is InChI=1S/C27H21N5O4S/c1-16-19(12-17-6-3-2-4-7-17)26(34)30-27(28-16)32-24(14-20(31-32)23-8-5-11-37-23)29-25(33)18-9-10-21-22(13-18)36-15-35-21/h2-11,13-14H,12,15H2,1H3,(H,29,33)(H,28,30,34). The zero-order valence-corrected chi connectivity index (χ0v) is 20.5. The summed E-state index contributed by atoms with van der Waals surface area (Å²) in [5.74, 6) is 1.31. The number of hydrogen-bond donors (Lipinski definition) is 2. The van der Waals surface area contributed by atoms with E-state index in [1.165, 1.54) is 16.0 Å². The van der Waals surface area contributed by atoms with Crippen molar-refractivity contribution < 1.29 is 14.3 Å². The molecule has 1 aliphatic heterocycles. The molecule has 0 fully saturated rings. The third-order valence-corrected chi connectivity index (χ3v) is 6.89. The highest BCUT2D eigenvalue weighted by Crippen LogP contribution is 2.33. The van der Waals surface area contributed by atoms with E-state index in [1.807, 2.05) is 47.8 Å². The van der Waals surface area contributed by atoms with Gasteiger partial charge in [0.1, 0.15) is 11.5 Å². The van der Waals surface area contributed by atoms with Crippen LogP contribution in [0.25, 0.3) is 16.5 Å². The summed E-state index contributed by atoms with van der Waals surface area (Å²) in [5.41, 5.74) is 2.96. The van der Waals surface area contributed by atoms with Crippen LogP contribution in [0, 0.1) is 6.92 Å². The molecule has 37 heavy (non-hydrogen) atoms. The van der Waals surface area contributed by atoms with Gasteiger partial charge in [-0.05, 0) is 42.1 Å². The minimum absolute atomic E-state index is 0.121. The van der Waals surface area contributed by atoms with Crippen molar-refractivity contribution in [3.63, 3.8) is 0 Å². The lowest BCUT2D eigenvalue weighted by Crippen LogP contribution is -2.22. The molecule has 0 saturated heterocycles. The van der Waals surface area contributed by atoms with E-state index in [4.69, 9.17) is 9.47 Å². The fourth-order valence-electron chi connectivity index (χ4n) is 4.11. The van der Waals surface area contributed by atoms with Crippen LogP contribution in [0.4, 0.5) is 5.82 Å². The fourth-order valence-corrected chi connectivity index (χ4v) is 4.79. The van der Waals surface area contributed by atoms with Crippen LogP contribution >= 0.6 is 11.3 Å². The van der Waals surface area contributed by atoms with Gasteiger partial charge in [0.25, 0.3) is 11.5 Å². The van der Waals surface area contributed by atoms with Gasteiger partial charge in [0.05, 0.1) is 10.6 Å². The van der Waals surface area contributed by atoms with Gasteiger partial charge in [-0.15, -0.1) is 11.3 Å². The van der Waals surface area contributed by atoms with Crippen molar-refractivity contribution in [1.29, 1.82) is 0 Å². The van der Waals surface area contributed by atoms with Crippen molar-refractivity contribution in [1.82, 2.24) is 19.7 Å². The first-order valence-corrected chi connectivity index (χ1v) is 12.4. The van der Waals surface area contributed by atoms with Crippen LogP contribution in [0.2, 0.25) is 0 Å². The Morgan fingerprint density at radius 3 is 2.70 bits per heavy atom. The summed E-state index contributed by atoms with van der Waals surface area (Å²) in [4.78, 5) is 34.6. The van der Waals surface area contributed by atoms with Gasteiger partial charge in [-0.1, -0.05) is 36.4 Å². The Morgan fingerprint density at radius 2 is 1.92 bits per heavy atom. The summed E-state index contributed by atoms with van der Waals surface area (Å²) in [7, 11) is 0. The molecule has 2 N–H and O–H groups in total. The highest BCUT2D eigenvalue weighted by molar-refractivity contribution is 7.13. The minimum Gasteiger partial charge on any atom is -0.454 e. The zero-order valence-electron chi connectivity index (χ0n) is 19.7. The summed E-state index contributed by atoms with van der Waals surface area (Å²) in [5, 5.41) is 9.50. The number of nitrogens with one attached hydrogen (secondary N) is 2. The summed E-state index contributed by atoms with van der Waals surface area (Å²) < 4.78 is 12.2. The number of aromatic nitrogens is 4. The molecule has 10 heteroatoms. The fraction of sp³-hybridized carbons (Fsp3) is 0.111. The Labute approximate surface area is 215 Å². The molecule has 9 nitrogen and oxygen atoms in total. The Hall–Kier alpha value is -4.70. The number of aromatic amines is 1. The van der Waals surface area contributed by atoms with Gasteiger partial charge < -0.3 is 14.8 Å². The number of ether oxygens (including phenoxy) is 2. The van der Waals surface area contributed by atoms with Crippen LogP contribution in [0.1, 0.15) is 27.2 Å². The second-order valence-corrected chi connectivity index (χ2v) is 9.39. The molecule has 4 heterocycles. The molecule has 0 bridgehead atoms. The van der Waals surface area contributed by atoms with Gasteiger partial charge in [-0.25, -0.2) is 4.98 Å². The molecule has 0 unspecified atom stereocenters. The number of amides is 1. The Kier molecular flexibility index (Phi) is 5.78. The molecule has 184 valence electrons. The van der Waals surface area contributed by atoms with Crippen LogP contribution in [0.3, 0.4) is 0 Å². The summed E-state index contributed by atoms with van der Waals surface area (Å²) in [6.07, 6.45) is 0.461. The Balaban J connectivity index is 1.37. The smallest absolute Gasteiger partial charge is 0.256 e. The first kappa shape index (κ1) is 22.7. The predicted octanol–water partition coefficient (Wildman–Crippen LogP) is 4.56. The van der Waals surface area contributed by atoms with E-state index < -0.39 is 0 Å². The highest BCUT2D eigenvalue weighted by Gasteiger charge is 2.20. The van der Waals surface area contributed by atoms with E-state index in [2.05, 4.69) is 20.4 Å². The second-order valence-electron chi connectivity index (χ2n) is 8.44. The number of carbonyl (C=O) groups is 1. The maximum atomic E-state index is 13.1. The number of H-pyrrole nitrogens is 1. The number of rotatable bonds is 6. The minimum atomic E-state index is -0.364. The summed E-state index contributed by atoms with van der Waals surface area (Å²) in [6, 6.07) is 20.3. The average molecular weight is 512 g/mol. The molecule has 0 radical (unpaired) electrons. The first-order valence-electron chi connectivity index (χ1n) is 11.5. The van der Waals surface area contributed by atoms with Crippen LogP contribution in [0.15, 0.2) is 76.9 Å². The SMILES string of the molecule is Cc1nc(-n2nc(-c3cccs3)cc2NC(=O)c2ccc3c(c2)OCO3)[nH]c(=O)c1Cc1ccccc1. The third kappa shape index (κ3) is 4.50. The topological polar surface area (TPSA) is 111 Å². The van der Waals surface area contributed by atoms with Gasteiger partial charge in [0.15, 0.2) is 11.5 Å². The quantitative estimate of drug-likeness (QED) is 0.346. The van der Waals surface area contributed by atoms with Crippen molar-refractivity contribution >= 4 is 23.1 Å². The lowest BCUT2D eigenvalue weighted by molar-refractivity contribution is 0.102. The van der Waals surface area contributed by atoms with E-state index in [0.29, 0.717) is 46.3 Å². The number of aryl methyl sites for hydroxylation is 1. The van der Waals surface area contributed by atoms with Gasteiger partial charge in [-0.3, -0.25) is 14.6 Å². The van der Waals surface area contributed by atoms with E-state index in [-0.39, 0.29) is 24.2 Å². The summed E-state index contributed by atoms with van der Waals surface area (Å²) >= 11 is 1.52. The van der Waals surface area contributed by atoms with Gasteiger partial charge in [0, 0.05) is 23.6 Å². The monoisotopic (exact) mass is 511 g/mol. The number of fused-ring (bicyclic) bond motifs is 1. The van der Waals surface area contributed by atoms with Crippen LogP contribution in [0.5, 0.6) is 11.5 Å². The predicted molar refractivity (Wildman–Crippen MR) is 140 cm³/mol. The van der Waals surface area contributed by atoms with Crippen LogP contribution < -0.4 is 20.3 Å². The van der Waals surface area contributed by atoms with Crippen molar-refractivity contribution in [3.8, 4) is 28.0 Å². The number of hydrogen-bond acceptors (Lipinski definition) is 7. The lowest BCUT2D eigenvalue weighted by atomic mass is 10.1. The van der Waals surface area contributed by atoms with E-state index in [9.17, 15) is 9.59 Å². The molecule has 0 atom stereocenters.